The van der Waals surface area contributed by atoms with Crippen LogP contribution in [0.25, 0.3) is 0 Å². The topological polar surface area (TPSA) is 71.5 Å². The number of nitriles is 1. The number of aryl methyl sites for hydroxylation is 1. The van der Waals surface area contributed by atoms with E-state index in [1.54, 1.807) is 18.2 Å². The van der Waals surface area contributed by atoms with Gasteiger partial charge in [0.2, 0.25) is 0 Å². The molecule has 0 spiro atoms. The zero-order chi connectivity index (χ0) is 11.5. The quantitative estimate of drug-likeness (QED) is 0.777. The molecule has 0 fully saturated rings. The van der Waals surface area contributed by atoms with E-state index in [0.717, 1.165) is 5.56 Å². The van der Waals surface area contributed by atoms with Gasteiger partial charge < -0.3 is 0 Å². The third kappa shape index (κ3) is 3.26. The van der Waals surface area contributed by atoms with Gasteiger partial charge in [-0.3, -0.25) is 9.56 Å². The van der Waals surface area contributed by atoms with Gasteiger partial charge >= 0.3 is 0 Å². The molecule has 15 heavy (non-hydrogen) atoms. The van der Waals surface area contributed by atoms with Crippen LogP contribution in [0.5, 0.6) is 0 Å². The van der Waals surface area contributed by atoms with Crippen molar-refractivity contribution in [2.45, 2.75) is 17.7 Å². The highest BCUT2D eigenvalue weighted by Gasteiger charge is 2.08. The van der Waals surface area contributed by atoms with Gasteiger partial charge in [0.05, 0.1) is 6.07 Å². The molecule has 6 heteroatoms. The zero-order valence-electron chi connectivity index (χ0n) is 7.96. The number of hydrogen-bond donors (Lipinski definition) is 2. The highest BCUT2D eigenvalue weighted by atomic mass is 35.7. The van der Waals surface area contributed by atoms with E-state index in [4.69, 9.17) is 33.3 Å². The number of halogens is 1. The van der Waals surface area contributed by atoms with Gasteiger partial charge in [0.25, 0.3) is 0 Å². The summed E-state index contributed by atoms with van der Waals surface area (Å²) in [5.41, 5.74) is 1.29. The van der Waals surface area contributed by atoms with E-state index < -0.39 is 8.83 Å². The van der Waals surface area contributed by atoms with Crippen LogP contribution in [0.4, 0.5) is 0 Å². The average molecular weight is 238 g/mol. The van der Waals surface area contributed by atoms with Crippen molar-refractivity contribution in [3.63, 3.8) is 0 Å². The Labute approximate surface area is 95.4 Å². The van der Waals surface area contributed by atoms with E-state index in [9.17, 15) is 0 Å². The maximum Gasteiger partial charge on any atom is 0.113 e. The molecular formula is C9H9BClN3S. The largest absolute Gasteiger partial charge is 0.253 e. The molecule has 1 rings (SSSR count). The molecule has 0 aromatic heterocycles. The lowest BCUT2D eigenvalue weighted by Gasteiger charge is -2.10. The standard InChI is InChI=1S/C9H9BClN3S/c10-8-3-4-9(15(11,13)14)7(6-8)2-1-5-12/h3-4,6,13-14H,1-2H2. The summed E-state index contributed by atoms with van der Waals surface area (Å²) in [6, 6.07) is 6.92. The molecule has 0 aliphatic carbocycles. The average Bonchev–Trinajstić information content (AvgIpc) is 2.12. The van der Waals surface area contributed by atoms with Gasteiger partial charge in [0, 0.05) is 20.2 Å². The first-order valence-corrected chi connectivity index (χ1v) is 6.68. The predicted molar refractivity (Wildman–Crippen MR) is 62.7 cm³/mol. The Morgan fingerprint density at radius 3 is 2.67 bits per heavy atom. The zero-order valence-corrected chi connectivity index (χ0v) is 9.53. The van der Waals surface area contributed by atoms with Crippen molar-refractivity contribution in [1.29, 1.82) is 14.8 Å². The van der Waals surface area contributed by atoms with E-state index in [1.807, 2.05) is 6.07 Å². The second kappa shape index (κ2) is 4.69. The van der Waals surface area contributed by atoms with Crippen LogP contribution < -0.4 is 5.46 Å². The molecule has 1 aromatic rings. The Hall–Kier alpha value is -0.985. The van der Waals surface area contributed by atoms with Crippen LogP contribution in [0.1, 0.15) is 12.0 Å². The van der Waals surface area contributed by atoms with Crippen LogP contribution in [-0.2, 0) is 15.3 Å². The van der Waals surface area contributed by atoms with Gasteiger partial charge in [-0.05, 0) is 28.7 Å². The lowest BCUT2D eigenvalue weighted by molar-refractivity contribution is 0.979. The van der Waals surface area contributed by atoms with Gasteiger partial charge in [-0.15, -0.1) is 0 Å². The summed E-state index contributed by atoms with van der Waals surface area (Å²) in [6.45, 7) is 0. The van der Waals surface area contributed by atoms with E-state index in [-0.39, 0.29) is 0 Å². The summed E-state index contributed by atoms with van der Waals surface area (Å²) in [4.78, 5) is 0.466. The Balaban J connectivity index is 3.22. The van der Waals surface area contributed by atoms with Gasteiger partial charge in [0.15, 0.2) is 0 Å². The molecule has 0 aliphatic heterocycles. The molecule has 1 aromatic carbocycles. The molecule has 0 atom stereocenters. The molecule has 3 nitrogen and oxygen atoms in total. The number of nitrogens with zero attached hydrogens (tertiary/aromatic N) is 1. The summed E-state index contributed by atoms with van der Waals surface area (Å²) >= 11 is 0. The SMILES string of the molecule is [B]c1ccc(S(=N)(=N)Cl)c(CCC#N)c1. The Kier molecular flexibility index (Phi) is 3.78. The second-order valence-corrected chi connectivity index (χ2v) is 5.97. The van der Waals surface area contributed by atoms with E-state index in [0.29, 0.717) is 23.2 Å². The van der Waals surface area contributed by atoms with Crippen molar-refractivity contribution in [3.8, 4) is 6.07 Å². The van der Waals surface area contributed by atoms with Crippen LogP contribution in [0.3, 0.4) is 0 Å². The highest BCUT2D eigenvalue weighted by Crippen LogP contribution is 2.21. The first-order valence-electron chi connectivity index (χ1n) is 4.22. The monoisotopic (exact) mass is 237 g/mol. The van der Waals surface area contributed by atoms with Crippen molar-refractivity contribution in [2.75, 3.05) is 0 Å². The van der Waals surface area contributed by atoms with Crippen LogP contribution in [-0.4, -0.2) is 7.85 Å². The van der Waals surface area contributed by atoms with Crippen LogP contribution in [0, 0.1) is 20.9 Å². The maximum atomic E-state index is 8.49. The van der Waals surface area contributed by atoms with E-state index in [2.05, 4.69) is 0 Å². The summed E-state index contributed by atoms with van der Waals surface area (Å²) in [7, 11) is 8.52. The Morgan fingerprint density at radius 2 is 2.13 bits per heavy atom. The lowest BCUT2D eigenvalue weighted by atomic mass is 9.93. The molecule has 0 aliphatic rings. The summed E-state index contributed by atoms with van der Waals surface area (Å²) < 4.78 is 15.0. The molecule has 76 valence electrons. The predicted octanol–water partition coefficient (Wildman–Crippen LogP) is 2.13. The summed E-state index contributed by atoms with van der Waals surface area (Å²) in [5, 5.41) is 8.49. The van der Waals surface area contributed by atoms with E-state index in [1.165, 1.54) is 0 Å². The maximum absolute atomic E-state index is 8.49. The molecule has 2 radical (unpaired) electrons. The molecule has 0 unspecified atom stereocenters. The summed E-state index contributed by atoms with van der Waals surface area (Å²) in [5.74, 6) is 0. The minimum absolute atomic E-state index is 0.336. The van der Waals surface area contributed by atoms with Crippen molar-refractivity contribution in [3.05, 3.63) is 23.8 Å². The third-order valence-corrected chi connectivity index (χ3v) is 3.40. The molecule has 2 N–H and O–H groups in total. The van der Waals surface area contributed by atoms with Crippen molar-refractivity contribution in [2.24, 2.45) is 0 Å². The minimum Gasteiger partial charge on any atom is -0.253 e. The first-order chi connectivity index (χ1) is 6.95. The smallest absolute Gasteiger partial charge is 0.113 e. The number of hydrogen-bond acceptors (Lipinski definition) is 3. The van der Waals surface area contributed by atoms with Gasteiger partial charge in [0.1, 0.15) is 7.85 Å². The summed E-state index contributed by atoms with van der Waals surface area (Å²) in [6.07, 6.45) is 0.818. The minimum atomic E-state index is -2.77. The lowest BCUT2D eigenvalue weighted by Crippen LogP contribution is -2.06. The van der Waals surface area contributed by atoms with E-state index >= 15 is 0 Å². The first kappa shape index (κ1) is 12.1. The number of rotatable bonds is 3. The molecule has 0 heterocycles. The molecule has 0 bridgehead atoms. The Bertz CT molecular complexity index is 505. The highest BCUT2D eigenvalue weighted by molar-refractivity contribution is 8.15. The van der Waals surface area contributed by atoms with Crippen molar-refractivity contribution < 1.29 is 0 Å². The fraction of sp³-hybridized carbons (Fsp3) is 0.222. The fourth-order valence-electron chi connectivity index (χ4n) is 1.26. The van der Waals surface area contributed by atoms with Gasteiger partial charge in [-0.25, -0.2) is 0 Å². The van der Waals surface area contributed by atoms with Crippen molar-refractivity contribution in [1.82, 2.24) is 0 Å². The van der Waals surface area contributed by atoms with Crippen LogP contribution in [0.15, 0.2) is 23.1 Å². The molecule has 0 saturated carbocycles. The van der Waals surface area contributed by atoms with Crippen molar-refractivity contribution >= 4 is 32.8 Å². The second-order valence-electron chi connectivity index (χ2n) is 3.06. The molecule has 0 amide bonds. The van der Waals surface area contributed by atoms with Gasteiger partial charge in [-0.1, -0.05) is 17.6 Å². The fourth-order valence-corrected chi connectivity index (χ4v) is 2.49. The number of nitrogens with one attached hydrogen (secondary N) is 2. The molecular weight excluding hydrogens is 228 g/mol. The van der Waals surface area contributed by atoms with Crippen LogP contribution >= 0.6 is 10.7 Å². The third-order valence-electron chi connectivity index (χ3n) is 1.89. The molecule has 0 saturated heterocycles. The van der Waals surface area contributed by atoms with Gasteiger partial charge in [-0.2, -0.15) is 5.26 Å². The Morgan fingerprint density at radius 1 is 1.47 bits per heavy atom. The number of benzene rings is 1. The normalized spacial score (nSPS) is 10.9. The van der Waals surface area contributed by atoms with Crippen LogP contribution in [0.2, 0.25) is 0 Å².